The number of carbonyl (C=O) groups excluding carboxylic acids is 2. The molecule has 122 valence electrons. The fourth-order valence-electron chi connectivity index (χ4n) is 1.52. The lowest BCUT2D eigenvalue weighted by Crippen LogP contribution is -2.11. The van der Waals surface area contributed by atoms with Crippen LogP contribution in [0, 0.1) is 0 Å². The van der Waals surface area contributed by atoms with E-state index in [1.165, 1.54) is 12.1 Å². The van der Waals surface area contributed by atoms with Crippen molar-refractivity contribution in [2.45, 2.75) is 39.0 Å². The van der Waals surface area contributed by atoms with Crippen molar-refractivity contribution in [1.82, 2.24) is 0 Å². The van der Waals surface area contributed by atoms with Crippen LogP contribution in [-0.4, -0.2) is 18.5 Å². The lowest BCUT2D eigenvalue weighted by Gasteiger charge is -2.08. The van der Waals surface area contributed by atoms with Crippen LogP contribution < -0.4 is 0 Å². The number of rotatable bonds is 7. The molecule has 0 unspecified atom stereocenters. The standard InChI is InChI=1S/C15H17F3O4/c1-2-9-21-13(19)7-8-14(20)22-10-11-3-5-12(6-4-11)15(16,17)18/h3-6H,2,7-10H2,1H3. The molecule has 1 rings (SSSR count). The molecule has 0 radical (unpaired) electrons. The fraction of sp³-hybridized carbons (Fsp3) is 0.467. The Morgan fingerprint density at radius 3 is 2.05 bits per heavy atom. The van der Waals surface area contributed by atoms with E-state index in [1.807, 2.05) is 6.92 Å². The minimum Gasteiger partial charge on any atom is -0.466 e. The molecule has 7 heteroatoms. The smallest absolute Gasteiger partial charge is 0.416 e. The first-order valence-electron chi connectivity index (χ1n) is 6.80. The number of esters is 2. The average molecular weight is 318 g/mol. The monoisotopic (exact) mass is 318 g/mol. The third-order valence-electron chi connectivity index (χ3n) is 2.68. The average Bonchev–Trinajstić information content (AvgIpc) is 2.48. The highest BCUT2D eigenvalue weighted by Crippen LogP contribution is 2.29. The van der Waals surface area contributed by atoms with Crippen LogP contribution in [0.4, 0.5) is 13.2 Å². The summed E-state index contributed by atoms with van der Waals surface area (Å²) >= 11 is 0. The summed E-state index contributed by atoms with van der Waals surface area (Å²) in [4.78, 5) is 22.6. The highest BCUT2D eigenvalue weighted by Gasteiger charge is 2.29. The van der Waals surface area contributed by atoms with Crippen LogP contribution in [0.5, 0.6) is 0 Å². The van der Waals surface area contributed by atoms with E-state index in [-0.39, 0.29) is 19.4 Å². The van der Waals surface area contributed by atoms with Crippen molar-refractivity contribution in [3.8, 4) is 0 Å². The zero-order chi connectivity index (χ0) is 16.6. The van der Waals surface area contributed by atoms with Gasteiger partial charge >= 0.3 is 18.1 Å². The maximum absolute atomic E-state index is 12.4. The van der Waals surface area contributed by atoms with Crippen molar-refractivity contribution in [2.24, 2.45) is 0 Å². The summed E-state index contributed by atoms with van der Waals surface area (Å²) in [7, 11) is 0. The lowest BCUT2D eigenvalue weighted by molar-refractivity contribution is -0.151. The van der Waals surface area contributed by atoms with Gasteiger partial charge < -0.3 is 9.47 Å². The Hall–Kier alpha value is -2.05. The molecule has 0 saturated heterocycles. The number of halogens is 3. The largest absolute Gasteiger partial charge is 0.466 e. The Labute approximate surface area is 126 Å². The summed E-state index contributed by atoms with van der Waals surface area (Å²) in [5.74, 6) is -1.08. The van der Waals surface area contributed by atoms with Gasteiger partial charge in [-0.2, -0.15) is 13.2 Å². The Kier molecular flexibility index (Phi) is 6.88. The van der Waals surface area contributed by atoms with E-state index in [2.05, 4.69) is 0 Å². The summed E-state index contributed by atoms with van der Waals surface area (Å²) in [5.41, 5.74) is -0.323. The Balaban J connectivity index is 2.33. The molecule has 0 amide bonds. The van der Waals surface area contributed by atoms with Crippen LogP contribution in [0.15, 0.2) is 24.3 Å². The molecule has 0 atom stereocenters. The van der Waals surface area contributed by atoms with Gasteiger partial charge in [0, 0.05) is 0 Å². The highest BCUT2D eigenvalue weighted by molar-refractivity contribution is 5.77. The normalized spacial score (nSPS) is 11.1. The van der Waals surface area contributed by atoms with Crippen molar-refractivity contribution in [1.29, 1.82) is 0 Å². The van der Waals surface area contributed by atoms with E-state index in [0.29, 0.717) is 18.6 Å². The van der Waals surface area contributed by atoms with E-state index in [1.54, 1.807) is 0 Å². The molecule has 0 spiro atoms. The molecule has 0 N–H and O–H groups in total. The minimum absolute atomic E-state index is 0.0775. The molecule has 4 nitrogen and oxygen atoms in total. The van der Waals surface area contributed by atoms with Gasteiger partial charge in [0.05, 0.1) is 25.0 Å². The summed E-state index contributed by atoms with van der Waals surface area (Å²) in [5, 5.41) is 0. The molecule has 0 heterocycles. The van der Waals surface area contributed by atoms with Gasteiger partial charge in [-0.3, -0.25) is 9.59 Å². The number of carbonyl (C=O) groups is 2. The molecular weight excluding hydrogens is 301 g/mol. The van der Waals surface area contributed by atoms with Gasteiger partial charge in [-0.05, 0) is 24.1 Å². The van der Waals surface area contributed by atoms with Gasteiger partial charge in [-0.25, -0.2) is 0 Å². The summed E-state index contributed by atoms with van der Waals surface area (Å²) < 4.78 is 46.8. The topological polar surface area (TPSA) is 52.6 Å². The first-order chi connectivity index (χ1) is 10.3. The second-order valence-corrected chi connectivity index (χ2v) is 4.58. The third-order valence-corrected chi connectivity index (χ3v) is 2.68. The summed E-state index contributed by atoms with van der Waals surface area (Å²) in [6.07, 6.45) is -3.90. The quantitative estimate of drug-likeness (QED) is 0.722. The molecule has 0 aliphatic heterocycles. The maximum Gasteiger partial charge on any atom is 0.416 e. The third kappa shape index (κ3) is 6.60. The number of hydrogen-bond acceptors (Lipinski definition) is 4. The van der Waals surface area contributed by atoms with E-state index < -0.39 is 23.7 Å². The number of benzene rings is 1. The molecular formula is C15H17F3O4. The van der Waals surface area contributed by atoms with E-state index in [4.69, 9.17) is 9.47 Å². The zero-order valence-electron chi connectivity index (χ0n) is 12.1. The first kappa shape index (κ1) is 18.0. The van der Waals surface area contributed by atoms with E-state index >= 15 is 0 Å². The maximum atomic E-state index is 12.4. The van der Waals surface area contributed by atoms with Crippen LogP contribution in [-0.2, 0) is 31.8 Å². The molecule has 0 aliphatic carbocycles. The molecule has 0 bridgehead atoms. The Morgan fingerprint density at radius 2 is 1.55 bits per heavy atom. The van der Waals surface area contributed by atoms with Gasteiger partial charge in [0.15, 0.2) is 0 Å². The van der Waals surface area contributed by atoms with Gasteiger partial charge in [0.2, 0.25) is 0 Å². The van der Waals surface area contributed by atoms with Crippen molar-refractivity contribution in [3.63, 3.8) is 0 Å². The number of ether oxygens (including phenoxy) is 2. The Bertz CT molecular complexity index is 495. The van der Waals surface area contributed by atoms with Crippen LogP contribution in [0.1, 0.15) is 37.3 Å². The zero-order valence-corrected chi connectivity index (χ0v) is 12.1. The van der Waals surface area contributed by atoms with Crippen molar-refractivity contribution < 1.29 is 32.2 Å². The predicted octanol–water partition coefficient (Wildman–Crippen LogP) is 3.48. The molecule has 1 aromatic carbocycles. The van der Waals surface area contributed by atoms with Crippen molar-refractivity contribution in [3.05, 3.63) is 35.4 Å². The first-order valence-corrected chi connectivity index (χ1v) is 6.80. The predicted molar refractivity (Wildman–Crippen MR) is 71.7 cm³/mol. The van der Waals surface area contributed by atoms with Crippen LogP contribution >= 0.6 is 0 Å². The van der Waals surface area contributed by atoms with Crippen LogP contribution in [0.2, 0.25) is 0 Å². The van der Waals surface area contributed by atoms with Gasteiger partial charge in [0.25, 0.3) is 0 Å². The van der Waals surface area contributed by atoms with Gasteiger partial charge in [-0.1, -0.05) is 19.1 Å². The molecule has 22 heavy (non-hydrogen) atoms. The molecule has 0 aliphatic rings. The lowest BCUT2D eigenvalue weighted by atomic mass is 10.1. The SMILES string of the molecule is CCCOC(=O)CCC(=O)OCc1ccc(C(F)(F)F)cc1. The fourth-order valence-corrected chi connectivity index (χ4v) is 1.52. The van der Waals surface area contributed by atoms with E-state index in [9.17, 15) is 22.8 Å². The summed E-state index contributed by atoms with van der Waals surface area (Å²) in [6, 6.07) is 4.33. The van der Waals surface area contributed by atoms with Crippen molar-refractivity contribution in [2.75, 3.05) is 6.61 Å². The second kappa shape index (κ2) is 8.41. The highest BCUT2D eigenvalue weighted by atomic mass is 19.4. The number of hydrogen-bond donors (Lipinski definition) is 0. The molecule has 1 aromatic rings. The molecule has 0 saturated carbocycles. The van der Waals surface area contributed by atoms with Crippen LogP contribution in [0.3, 0.4) is 0 Å². The minimum atomic E-state index is -4.39. The molecule has 0 aromatic heterocycles. The van der Waals surface area contributed by atoms with Crippen LogP contribution in [0.25, 0.3) is 0 Å². The Morgan fingerprint density at radius 1 is 1.00 bits per heavy atom. The van der Waals surface area contributed by atoms with Crippen molar-refractivity contribution >= 4 is 11.9 Å². The van der Waals surface area contributed by atoms with E-state index in [0.717, 1.165) is 12.1 Å². The summed E-state index contributed by atoms with van der Waals surface area (Å²) in [6.45, 7) is 2.02. The van der Waals surface area contributed by atoms with Gasteiger partial charge in [-0.15, -0.1) is 0 Å². The molecule has 0 fully saturated rings. The van der Waals surface area contributed by atoms with Gasteiger partial charge in [0.1, 0.15) is 6.61 Å². The number of alkyl halides is 3. The second-order valence-electron chi connectivity index (χ2n) is 4.58.